The minimum Gasteiger partial charge on any atom is -0.322 e. The minimum absolute atomic E-state index is 0.0770. The lowest BCUT2D eigenvalue weighted by Gasteiger charge is -2.11. The second-order valence-electron chi connectivity index (χ2n) is 4.25. The summed E-state index contributed by atoms with van der Waals surface area (Å²) in [4.78, 5) is 15.6. The normalized spacial score (nSPS) is 16.1. The summed E-state index contributed by atoms with van der Waals surface area (Å²) < 4.78 is 0. The summed E-state index contributed by atoms with van der Waals surface area (Å²) in [5, 5.41) is 6.30. The van der Waals surface area contributed by atoms with Gasteiger partial charge in [0.25, 0.3) is 0 Å². The molecular formula is C12H16ClN3O. The van der Waals surface area contributed by atoms with Crippen molar-refractivity contribution >= 4 is 23.2 Å². The molecule has 0 atom stereocenters. The van der Waals surface area contributed by atoms with Crippen LogP contribution in [0.1, 0.15) is 25.7 Å². The second kappa shape index (κ2) is 5.98. The van der Waals surface area contributed by atoms with E-state index in [4.69, 9.17) is 11.6 Å². The van der Waals surface area contributed by atoms with Crippen LogP contribution in [0.15, 0.2) is 18.3 Å². The Labute approximate surface area is 106 Å². The zero-order chi connectivity index (χ0) is 12.1. The summed E-state index contributed by atoms with van der Waals surface area (Å²) in [5.41, 5.74) is 0.562. The van der Waals surface area contributed by atoms with Crippen molar-refractivity contribution in [2.45, 2.75) is 31.7 Å². The van der Waals surface area contributed by atoms with Gasteiger partial charge in [0.2, 0.25) is 5.91 Å². The predicted molar refractivity (Wildman–Crippen MR) is 68.1 cm³/mol. The average molecular weight is 254 g/mol. The zero-order valence-corrected chi connectivity index (χ0v) is 10.3. The van der Waals surface area contributed by atoms with Crippen molar-refractivity contribution in [3.63, 3.8) is 0 Å². The summed E-state index contributed by atoms with van der Waals surface area (Å²) >= 11 is 5.85. The molecule has 0 aliphatic heterocycles. The van der Waals surface area contributed by atoms with Gasteiger partial charge in [-0.05, 0) is 25.0 Å². The lowest BCUT2D eigenvalue weighted by molar-refractivity contribution is -0.115. The number of pyridine rings is 1. The van der Waals surface area contributed by atoms with Crippen molar-refractivity contribution in [1.29, 1.82) is 0 Å². The Bertz CT molecular complexity index is 391. The van der Waals surface area contributed by atoms with E-state index in [1.165, 1.54) is 25.7 Å². The molecule has 0 spiro atoms. The summed E-state index contributed by atoms with van der Waals surface area (Å²) in [6.45, 7) is 0.329. The van der Waals surface area contributed by atoms with Gasteiger partial charge in [0.15, 0.2) is 5.15 Å². The standard InChI is InChI=1S/C12H16ClN3O/c13-12-10(6-3-7-14-12)16-11(17)8-15-9-4-1-2-5-9/h3,6-7,9,15H,1-2,4-5,8H2,(H,16,17). The Balaban J connectivity index is 1.79. The van der Waals surface area contributed by atoms with Gasteiger partial charge in [-0.25, -0.2) is 4.98 Å². The molecule has 1 aliphatic rings. The van der Waals surface area contributed by atoms with Gasteiger partial charge in [-0.1, -0.05) is 24.4 Å². The van der Waals surface area contributed by atoms with Crippen LogP contribution in [0.4, 0.5) is 5.69 Å². The van der Waals surface area contributed by atoms with Gasteiger partial charge >= 0.3 is 0 Å². The molecule has 2 rings (SSSR count). The number of carbonyl (C=O) groups excluding carboxylic acids is 1. The molecule has 4 nitrogen and oxygen atoms in total. The quantitative estimate of drug-likeness (QED) is 0.809. The number of anilines is 1. The second-order valence-corrected chi connectivity index (χ2v) is 4.61. The van der Waals surface area contributed by atoms with Crippen LogP contribution in [0.5, 0.6) is 0 Å². The van der Waals surface area contributed by atoms with E-state index in [9.17, 15) is 4.79 Å². The van der Waals surface area contributed by atoms with Crippen LogP contribution in [0.3, 0.4) is 0 Å². The lowest BCUT2D eigenvalue weighted by Crippen LogP contribution is -2.34. The van der Waals surface area contributed by atoms with Gasteiger partial charge in [0.1, 0.15) is 0 Å². The highest BCUT2D eigenvalue weighted by Crippen LogP contribution is 2.18. The largest absolute Gasteiger partial charge is 0.322 e. The molecule has 0 radical (unpaired) electrons. The van der Waals surface area contributed by atoms with Gasteiger partial charge < -0.3 is 10.6 Å². The Morgan fingerprint density at radius 3 is 2.94 bits per heavy atom. The fourth-order valence-corrected chi connectivity index (χ4v) is 2.21. The Kier molecular flexibility index (Phi) is 4.34. The number of nitrogens with zero attached hydrogens (tertiary/aromatic N) is 1. The number of hydrogen-bond acceptors (Lipinski definition) is 3. The van der Waals surface area contributed by atoms with Gasteiger partial charge in [0.05, 0.1) is 12.2 Å². The smallest absolute Gasteiger partial charge is 0.238 e. The number of aromatic nitrogens is 1. The van der Waals surface area contributed by atoms with E-state index >= 15 is 0 Å². The maximum atomic E-state index is 11.7. The van der Waals surface area contributed by atoms with Crippen molar-refractivity contribution in [2.24, 2.45) is 0 Å². The van der Waals surface area contributed by atoms with Crippen molar-refractivity contribution in [3.8, 4) is 0 Å². The molecule has 0 aromatic carbocycles. The van der Waals surface area contributed by atoms with Crippen molar-refractivity contribution < 1.29 is 4.79 Å². The first-order valence-electron chi connectivity index (χ1n) is 5.89. The summed E-state index contributed by atoms with van der Waals surface area (Å²) in [6.07, 6.45) is 6.44. The zero-order valence-electron chi connectivity index (χ0n) is 9.58. The molecule has 0 saturated heterocycles. The van der Waals surface area contributed by atoms with E-state index in [2.05, 4.69) is 15.6 Å². The fourth-order valence-electron chi connectivity index (χ4n) is 2.04. The molecule has 1 heterocycles. The first kappa shape index (κ1) is 12.3. The van der Waals surface area contributed by atoms with Crippen LogP contribution >= 0.6 is 11.6 Å². The van der Waals surface area contributed by atoms with Crippen LogP contribution in [0.25, 0.3) is 0 Å². The third-order valence-electron chi connectivity index (χ3n) is 2.94. The molecule has 1 saturated carbocycles. The third kappa shape index (κ3) is 3.68. The van der Waals surface area contributed by atoms with Crippen molar-refractivity contribution in [3.05, 3.63) is 23.5 Å². The fraction of sp³-hybridized carbons (Fsp3) is 0.500. The summed E-state index contributed by atoms with van der Waals surface area (Å²) in [5.74, 6) is -0.0770. The van der Waals surface area contributed by atoms with Gasteiger partial charge in [-0.2, -0.15) is 0 Å². The highest BCUT2D eigenvalue weighted by atomic mass is 35.5. The predicted octanol–water partition coefficient (Wildman–Crippen LogP) is 2.21. The maximum Gasteiger partial charge on any atom is 0.238 e. The number of halogens is 1. The van der Waals surface area contributed by atoms with Crippen molar-refractivity contribution in [1.82, 2.24) is 10.3 Å². The van der Waals surface area contributed by atoms with Crippen LogP contribution in [-0.4, -0.2) is 23.5 Å². The Hall–Kier alpha value is -1.13. The highest BCUT2D eigenvalue weighted by molar-refractivity contribution is 6.32. The Morgan fingerprint density at radius 1 is 1.47 bits per heavy atom. The topological polar surface area (TPSA) is 54.0 Å². The molecule has 1 amide bonds. The first-order valence-corrected chi connectivity index (χ1v) is 6.27. The molecule has 5 heteroatoms. The molecular weight excluding hydrogens is 238 g/mol. The molecule has 17 heavy (non-hydrogen) atoms. The lowest BCUT2D eigenvalue weighted by atomic mass is 10.2. The monoisotopic (exact) mass is 253 g/mol. The third-order valence-corrected chi connectivity index (χ3v) is 3.24. The van der Waals surface area contributed by atoms with E-state index in [-0.39, 0.29) is 5.91 Å². The van der Waals surface area contributed by atoms with Crippen LogP contribution in [0.2, 0.25) is 5.15 Å². The number of carbonyl (C=O) groups is 1. The number of rotatable bonds is 4. The van der Waals surface area contributed by atoms with Gasteiger partial charge in [-0.3, -0.25) is 4.79 Å². The molecule has 92 valence electrons. The van der Waals surface area contributed by atoms with E-state index in [1.807, 2.05) is 0 Å². The highest BCUT2D eigenvalue weighted by Gasteiger charge is 2.15. The number of amides is 1. The molecule has 1 aromatic heterocycles. The maximum absolute atomic E-state index is 11.7. The van der Waals surface area contributed by atoms with Crippen LogP contribution in [-0.2, 0) is 4.79 Å². The van der Waals surface area contributed by atoms with Gasteiger partial charge in [-0.15, -0.1) is 0 Å². The molecule has 0 unspecified atom stereocenters. The average Bonchev–Trinajstić information content (AvgIpc) is 2.82. The molecule has 1 aromatic rings. The molecule has 2 N–H and O–H groups in total. The van der Waals surface area contributed by atoms with Crippen LogP contribution < -0.4 is 10.6 Å². The van der Waals surface area contributed by atoms with E-state index in [1.54, 1.807) is 18.3 Å². The van der Waals surface area contributed by atoms with Crippen molar-refractivity contribution in [2.75, 3.05) is 11.9 Å². The minimum atomic E-state index is -0.0770. The number of hydrogen-bond donors (Lipinski definition) is 2. The number of nitrogens with one attached hydrogen (secondary N) is 2. The summed E-state index contributed by atoms with van der Waals surface area (Å²) in [6, 6.07) is 3.97. The molecule has 1 fully saturated rings. The molecule has 1 aliphatic carbocycles. The summed E-state index contributed by atoms with van der Waals surface area (Å²) in [7, 11) is 0. The van der Waals surface area contributed by atoms with E-state index < -0.39 is 0 Å². The first-order chi connectivity index (χ1) is 8.25. The Morgan fingerprint density at radius 2 is 2.24 bits per heavy atom. The van der Waals surface area contributed by atoms with Gasteiger partial charge in [0, 0.05) is 12.2 Å². The van der Waals surface area contributed by atoms with E-state index in [0.717, 1.165) is 0 Å². The SMILES string of the molecule is O=C(CNC1CCCC1)Nc1cccnc1Cl. The van der Waals surface area contributed by atoms with Crippen LogP contribution in [0, 0.1) is 0 Å². The van der Waals surface area contributed by atoms with E-state index in [0.29, 0.717) is 23.4 Å². The molecule has 0 bridgehead atoms.